The van der Waals surface area contributed by atoms with Gasteiger partial charge in [-0.25, -0.2) is 15.0 Å². The molecule has 0 saturated heterocycles. The predicted molar refractivity (Wildman–Crippen MR) is 120 cm³/mol. The number of benzene rings is 1. The van der Waals surface area contributed by atoms with Gasteiger partial charge in [0.25, 0.3) is 11.8 Å². The number of nitrogens with one attached hydrogen (secondary N) is 3. The van der Waals surface area contributed by atoms with Crippen LogP contribution < -0.4 is 25.4 Å². The van der Waals surface area contributed by atoms with Crippen LogP contribution in [-0.2, 0) is 0 Å². The minimum absolute atomic E-state index is 0.0154. The largest absolute Gasteiger partial charge is 0.493 e. The summed E-state index contributed by atoms with van der Waals surface area (Å²) in [6, 6.07) is 7.85. The van der Waals surface area contributed by atoms with Crippen LogP contribution in [0.2, 0.25) is 0 Å². The third kappa shape index (κ3) is 4.91. The summed E-state index contributed by atoms with van der Waals surface area (Å²) in [5, 5.41) is 7.53. The molecule has 2 heterocycles. The summed E-state index contributed by atoms with van der Waals surface area (Å²) in [4.78, 5) is 38.4. The Morgan fingerprint density at radius 1 is 1.00 bits per heavy atom. The highest BCUT2D eigenvalue weighted by atomic mass is 16.5. The second-order valence-corrected chi connectivity index (χ2v) is 6.63. The molecule has 166 valence electrons. The van der Waals surface area contributed by atoms with Gasteiger partial charge in [0.05, 0.1) is 31.0 Å². The minimum Gasteiger partial charge on any atom is -0.493 e. The van der Waals surface area contributed by atoms with E-state index >= 15 is 0 Å². The number of anilines is 3. The lowest BCUT2D eigenvalue weighted by Crippen LogP contribution is -2.22. The van der Waals surface area contributed by atoms with Gasteiger partial charge in [0.2, 0.25) is 0 Å². The quantitative estimate of drug-likeness (QED) is 0.513. The van der Waals surface area contributed by atoms with Crippen LogP contribution in [0.4, 0.5) is 17.3 Å². The number of rotatable bonds is 7. The number of nitrogens with zero attached hydrogens (tertiary/aromatic N) is 3. The number of hydrogen-bond acceptors (Lipinski definition) is 8. The van der Waals surface area contributed by atoms with E-state index in [0.29, 0.717) is 17.4 Å². The van der Waals surface area contributed by atoms with Crippen molar-refractivity contribution in [2.75, 3.05) is 31.8 Å². The maximum Gasteiger partial charge on any atom is 0.259 e. The zero-order valence-corrected chi connectivity index (χ0v) is 17.9. The van der Waals surface area contributed by atoms with Crippen LogP contribution in [0.1, 0.15) is 36.3 Å². The number of aryl methyl sites for hydroxylation is 2. The highest BCUT2D eigenvalue weighted by molar-refractivity contribution is 6.10. The highest BCUT2D eigenvalue weighted by Gasteiger charge is 2.20. The molecule has 0 fully saturated rings. The molecule has 3 aromatic rings. The molecule has 0 bridgehead atoms. The second kappa shape index (κ2) is 9.73. The molecule has 0 spiro atoms. The maximum atomic E-state index is 13.1. The molecule has 1 aromatic carbocycles. The monoisotopic (exact) mass is 439 g/mol. The van der Waals surface area contributed by atoms with Crippen molar-refractivity contribution in [2.45, 2.75) is 13.8 Å². The van der Waals surface area contributed by atoms with Crippen molar-refractivity contribution in [1.29, 1.82) is 0 Å². The molecule has 2 amide bonds. The van der Waals surface area contributed by atoms with Gasteiger partial charge in [0.15, 0.2) is 11.5 Å². The van der Waals surface area contributed by atoms with E-state index in [-0.39, 0.29) is 28.4 Å². The number of aromatic nitrogens is 3. The van der Waals surface area contributed by atoms with Crippen molar-refractivity contribution in [3.8, 4) is 11.5 Å². The lowest BCUT2D eigenvalue weighted by atomic mass is 10.1. The van der Waals surface area contributed by atoms with E-state index in [2.05, 4.69) is 25.6 Å². The van der Waals surface area contributed by atoms with Crippen LogP contribution in [-0.4, -0.2) is 48.0 Å². The van der Waals surface area contributed by atoms with E-state index < -0.39 is 18.8 Å². The first-order valence-electron chi connectivity index (χ1n) is 10.9. The molecule has 0 radical (unpaired) electrons. The van der Waals surface area contributed by atoms with Crippen LogP contribution in [0, 0.1) is 13.8 Å². The van der Waals surface area contributed by atoms with Gasteiger partial charge < -0.3 is 25.4 Å². The Kier molecular flexibility index (Phi) is 5.64. The van der Waals surface area contributed by atoms with Crippen molar-refractivity contribution in [2.24, 2.45) is 0 Å². The fourth-order valence-corrected chi connectivity index (χ4v) is 3.04. The second-order valence-electron chi connectivity index (χ2n) is 6.63. The van der Waals surface area contributed by atoms with Gasteiger partial charge in [0.1, 0.15) is 17.5 Å². The van der Waals surface area contributed by atoms with Crippen LogP contribution in [0.15, 0.2) is 36.5 Å². The van der Waals surface area contributed by atoms with E-state index in [1.807, 2.05) is 12.2 Å². The number of carbonyl (C=O) groups excluding carboxylic acids is 2. The van der Waals surface area contributed by atoms with E-state index in [1.165, 1.54) is 26.4 Å². The average molecular weight is 439 g/mol. The van der Waals surface area contributed by atoms with Gasteiger partial charge in [-0.15, -0.1) is 0 Å². The molecule has 0 unspecified atom stereocenters. The normalized spacial score (nSPS) is 12.1. The summed E-state index contributed by atoms with van der Waals surface area (Å²) in [6.07, 6.45) is 1.16. The number of hydrogen-bond donors (Lipinski definition) is 3. The first-order valence-corrected chi connectivity index (χ1v) is 9.45. The van der Waals surface area contributed by atoms with Crippen molar-refractivity contribution >= 4 is 29.1 Å². The molecule has 0 aliphatic rings. The minimum atomic E-state index is -2.73. The molecular weight excluding hydrogens is 412 g/mol. The Balaban J connectivity index is 2.01. The number of methoxy groups -OCH3 is 2. The van der Waals surface area contributed by atoms with Crippen LogP contribution in [0.3, 0.4) is 0 Å². The number of carbonyl (C=O) groups is 2. The highest BCUT2D eigenvalue weighted by Crippen LogP contribution is 2.31. The summed E-state index contributed by atoms with van der Waals surface area (Å²) in [6.45, 7) is 0.811. The number of pyridine rings is 1. The van der Waals surface area contributed by atoms with Crippen LogP contribution in [0.5, 0.6) is 11.5 Å². The van der Waals surface area contributed by atoms with Gasteiger partial charge in [-0.2, -0.15) is 0 Å². The van der Waals surface area contributed by atoms with Gasteiger partial charge in [-0.3, -0.25) is 9.59 Å². The topological polar surface area (TPSA) is 127 Å². The summed E-state index contributed by atoms with van der Waals surface area (Å²) >= 11 is 0. The first kappa shape index (κ1) is 18.6. The SMILES string of the molecule is [2H]C([2H])([2H])NC(=O)c1cnc(Nc2cc(C)nc(C)n2)cc1NC(=O)c1cccc(OC)c1OC. The summed E-state index contributed by atoms with van der Waals surface area (Å²) in [5.74, 6) is 0.224. The number of ether oxygens (including phenoxy) is 2. The van der Waals surface area contributed by atoms with E-state index in [1.54, 1.807) is 25.1 Å². The molecule has 3 rings (SSSR count). The number of para-hydroxylation sites is 1. The van der Waals surface area contributed by atoms with Crippen LogP contribution in [0.25, 0.3) is 0 Å². The van der Waals surface area contributed by atoms with Crippen molar-refractivity contribution < 1.29 is 23.2 Å². The summed E-state index contributed by atoms with van der Waals surface area (Å²) in [5.41, 5.74) is 0.730. The van der Waals surface area contributed by atoms with Gasteiger partial charge in [0, 0.05) is 35.1 Å². The molecule has 3 N–H and O–H groups in total. The molecular formula is C22H24N6O4. The van der Waals surface area contributed by atoms with E-state index in [9.17, 15) is 9.59 Å². The number of amides is 2. The summed E-state index contributed by atoms with van der Waals surface area (Å²) in [7, 11) is 2.83. The molecule has 32 heavy (non-hydrogen) atoms. The zero-order chi connectivity index (χ0) is 25.8. The molecule has 10 heteroatoms. The molecule has 0 aliphatic carbocycles. The molecule has 0 aliphatic heterocycles. The predicted octanol–water partition coefficient (Wildman–Crippen LogP) is 2.86. The molecule has 0 atom stereocenters. The Morgan fingerprint density at radius 3 is 2.50 bits per heavy atom. The zero-order valence-electron chi connectivity index (χ0n) is 20.9. The van der Waals surface area contributed by atoms with Gasteiger partial charge in [-0.1, -0.05) is 6.07 Å². The summed E-state index contributed by atoms with van der Waals surface area (Å²) < 4.78 is 32.5. The Hall–Kier alpha value is -4.21. The lowest BCUT2D eigenvalue weighted by molar-refractivity contribution is 0.0963. The average Bonchev–Trinajstić information content (AvgIpc) is 2.76. The fraction of sp³-hybridized carbons (Fsp3) is 0.227. The van der Waals surface area contributed by atoms with Crippen molar-refractivity contribution in [3.63, 3.8) is 0 Å². The van der Waals surface area contributed by atoms with Gasteiger partial charge >= 0.3 is 0 Å². The Bertz CT molecular complexity index is 1250. The first-order chi connectivity index (χ1) is 16.5. The standard InChI is InChI=1S/C22H24N6O4/c1-12-9-19(26-13(2)25-12)28-18-10-16(15(11-24-18)21(29)23-3)27-22(30)14-7-6-8-17(31-4)20(14)32-5/h6-11H,1-5H3,(H,23,29)(H2,24,25,26,27,28,30)/i3D3. The molecule has 10 nitrogen and oxygen atoms in total. The lowest BCUT2D eigenvalue weighted by Gasteiger charge is -2.15. The fourth-order valence-electron chi connectivity index (χ4n) is 3.04. The maximum absolute atomic E-state index is 13.1. The Labute approximate surface area is 189 Å². The third-order valence-electron chi connectivity index (χ3n) is 4.38. The molecule has 2 aromatic heterocycles. The van der Waals surface area contributed by atoms with Crippen LogP contribution >= 0.6 is 0 Å². The third-order valence-corrected chi connectivity index (χ3v) is 4.38. The van der Waals surface area contributed by atoms with Crippen molar-refractivity contribution in [1.82, 2.24) is 20.3 Å². The van der Waals surface area contributed by atoms with E-state index in [4.69, 9.17) is 13.6 Å². The van der Waals surface area contributed by atoms with Gasteiger partial charge in [-0.05, 0) is 26.0 Å². The Morgan fingerprint density at radius 2 is 1.81 bits per heavy atom. The van der Waals surface area contributed by atoms with E-state index in [0.717, 1.165) is 11.9 Å². The molecule has 0 saturated carbocycles. The smallest absolute Gasteiger partial charge is 0.259 e. The van der Waals surface area contributed by atoms with Crippen molar-refractivity contribution in [3.05, 3.63) is 59.2 Å².